The van der Waals surface area contributed by atoms with E-state index in [1.807, 2.05) is 18.2 Å². The van der Waals surface area contributed by atoms with Crippen molar-refractivity contribution in [3.05, 3.63) is 35.4 Å². The molecule has 2 aliphatic rings. The van der Waals surface area contributed by atoms with Crippen LogP contribution in [0.2, 0.25) is 0 Å². The molecule has 0 spiro atoms. The summed E-state index contributed by atoms with van der Waals surface area (Å²) in [5.74, 6) is 0.350. The average molecular weight is 231 g/mol. The van der Waals surface area contributed by atoms with Crippen molar-refractivity contribution in [3.8, 4) is 0 Å². The van der Waals surface area contributed by atoms with Crippen molar-refractivity contribution >= 4 is 5.71 Å². The molecule has 0 unspecified atom stereocenters. The SMILES string of the molecule is CO[C@@]12CCCC[C@@H]1c1ccccc1/C2=N/O. The van der Waals surface area contributed by atoms with Crippen LogP contribution < -0.4 is 0 Å². The van der Waals surface area contributed by atoms with Gasteiger partial charge in [-0.25, -0.2) is 0 Å². The first kappa shape index (κ1) is 10.8. The summed E-state index contributed by atoms with van der Waals surface area (Å²) in [7, 11) is 1.73. The van der Waals surface area contributed by atoms with Crippen LogP contribution in [0.15, 0.2) is 29.4 Å². The molecule has 3 nitrogen and oxygen atoms in total. The van der Waals surface area contributed by atoms with E-state index in [2.05, 4.69) is 11.2 Å². The summed E-state index contributed by atoms with van der Waals surface area (Å²) in [4.78, 5) is 0. The second kappa shape index (κ2) is 3.84. The van der Waals surface area contributed by atoms with E-state index >= 15 is 0 Å². The highest BCUT2D eigenvalue weighted by Gasteiger charge is 2.52. The predicted molar refractivity (Wildman–Crippen MR) is 65.7 cm³/mol. The van der Waals surface area contributed by atoms with Gasteiger partial charge in [0, 0.05) is 18.6 Å². The number of nitrogens with zero attached hydrogens (tertiary/aromatic N) is 1. The van der Waals surface area contributed by atoms with Gasteiger partial charge >= 0.3 is 0 Å². The van der Waals surface area contributed by atoms with E-state index in [0.29, 0.717) is 5.92 Å². The molecule has 2 atom stereocenters. The van der Waals surface area contributed by atoms with Gasteiger partial charge in [-0.15, -0.1) is 0 Å². The third-order valence-electron chi connectivity index (χ3n) is 4.31. The average Bonchev–Trinajstić information content (AvgIpc) is 2.69. The molecule has 3 heteroatoms. The van der Waals surface area contributed by atoms with Gasteiger partial charge in [0.05, 0.1) is 0 Å². The molecule has 1 fully saturated rings. The van der Waals surface area contributed by atoms with E-state index in [1.54, 1.807) is 7.11 Å². The number of hydrogen-bond donors (Lipinski definition) is 1. The minimum atomic E-state index is -0.392. The van der Waals surface area contributed by atoms with E-state index in [4.69, 9.17) is 4.74 Å². The summed E-state index contributed by atoms with van der Waals surface area (Å²) in [6, 6.07) is 8.21. The molecule has 0 saturated heterocycles. The van der Waals surface area contributed by atoms with Crippen LogP contribution in [0.25, 0.3) is 0 Å². The summed E-state index contributed by atoms with van der Waals surface area (Å²) in [5, 5.41) is 12.9. The predicted octanol–water partition coefficient (Wildman–Crippen LogP) is 2.92. The van der Waals surface area contributed by atoms with Crippen LogP contribution in [0.1, 0.15) is 42.7 Å². The number of ether oxygens (including phenoxy) is 1. The molecular weight excluding hydrogens is 214 g/mol. The first-order chi connectivity index (χ1) is 8.33. The van der Waals surface area contributed by atoms with Crippen LogP contribution in [0.3, 0.4) is 0 Å². The van der Waals surface area contributed by atoms with Crippen molar-refractivity contribution in [2.24, 2.45) is 5.16 Å². The van der Waals surface area contributed by atoms with E-state index in [0.717, 1.165) is 30.5 Å². The molecule has 1 aromatic rings. The highest BCUT2D eigenvalue weighted by atomic mass is 16.5. The van der Waals surface area contributed by atoms with Crippen molar-refractivity contribution in [1.82, 2.24) is 0 Å². The third-order valence-corrected chi connectivity index (χ3v) is 4.31. The zero-order valence-electron chi connectivity index (χ0n) is 10.0. The molecule has 3 rings (SSSR count). The molecule has 0 bridgehead atoms. The van der Waals surface area contributed by atoms with Gasteiger partial charge < -0.3 is 9.94 Å². The largest absolute Gasteiger partial charge is 0.411 e. The molecule has 0 heterocycles. The van der Waals surface area contributed by atoms with Crippen molar-refractivity contribution in [1.29, 1.82) is 0 Å². The van der Waals surface area contributed by atoms with Gasteiger partial charge in [-0.3, -0.25) is 0 Å². The summed E-state index contributed by atoms with van der Waals surface area (Å²) < 4.78 is 5.80. The Hall–Kier alpha value is -1.35. The lowest BCUT2D eigenvalue weighted by Crippen LogP contribution is -2.44. The summed E-state index contributed by atoms with van der Waals surface area (Å²) in [6.45, 7) is 0. The van der Waals surface area contributed by atoms with Crippen molar-refractivity contribution in [2.75, 3.05) is 7.11 Å². The van der Waals surface area contributed by atoms with E-state index in [9.17, 15) is 5.21 Å². The van der Waals surface area contributed by atoms with Crippen LogP contribution in [-0.2, 0) is 4.74 Å². The van der Waals surface area contributed by atoms with Gasteiger partial charge in [0.15, 0.2) is 0 Å². The lowest BCUT2D eigenvalue weighted by Gasteiger charge is -2.38. The Kier molecular flexibility index (Phi) is 2.44. The van der Waals surface area contributed by atoms with Gasteiger partial charge in [0.1, 0.15) is 11.3 Å². The lowest BCUT2D eigenvalue weighted by molar-refractivity contribution is 0.00428. The standard InChI is InChI=1S/C14H17NO2/c1-17-14-9-5-4-8-12(14)10-6-2-3-7-11(10)13(14)15-16/h2-3,6-7,12,16H,4-5,8-9H2,1H3/b15-13-/t12-,14+/m1/s1. The van der Waals surface area contributed by atoms with Gasteiger partial charge in [-0.1, -0.05) is 42.3 Å². The summed E-state index contributed by atoms with van der Waals surface area (Å²) in [5.41, 5.74) is 2.67. The van der Waals surface area contributed by atoms with Crippen molar-refractivity contribution < 1.29 is 9.94 Å². The topological polar surface area (TPSA) is 41.8 Å². The van der Waals surface area contributed by atoms with E-state index in [-0.39, 0.29) is 0 Å². The molecule has 0 aliphatic heterocycles. The molecule has 1 aromatic carbocycles. The maximum absolute atomic E-state index is 9.36. The molecule has 2 aliphatic carbocycles. The maximum Gasteiger partial charge on any atom is 0.120 e. The minimum absolute atomic E-state index is 0.350. The quantitative estimate of drug-likeness (QED) is 0.596. The monoisotopic (exact) mass is 231 g/mol. The molecule has 17 heavy (non-hydrogen) atoms. The van der Waals surface area contributed by atoms with Gasteiger partial charge in [-0.2, -0.15) is 0 Å². The molecule has 1 saturated carbocycles. The molecule has 90 valence electrons. The first-order valence-corrected chi connectivity index (χ1v) is 6.20. The Morgan fingerprint density at radius 2 is 2.18 bits per heavy atom. The normalized spacial score (nSPS) is 33.5. The molecule has 0 radical (unpaired) electrons. The minimum Gasteiger partial charge on any atom is -0.411 e. The number of benzene rings is 1. The van der Waals surface area contributed by atoms with Crippen LogP contribution in [0.4, 0.5) is 0 Å². The Labute approximate surface area is 101 Å². The number of oxime groups is 1. The first-order valence-electron chi connectivity index (χ1n) is 6.20. The maximum atomic E-state index is 9.36. The van der Waals surface area contributed by atoms with E-state index < -0.39 is 5.60 Å². The van der Waals surface area contributed by atoms with Gasteiger partial charge in [0.2, 0.25) is 0 Å². The highest BCUT2D eigenvalue weighted by molar-refractivity contribution is 6.11. The second-order valence-corrected chi connectivity index (χ2v) is 4.93. The summed E-state index contributed by atoms with van der Waals surface area (Å²) >= 11 is 0. The number of methoxy groups -OCH3 is 1. The number of fused-ring (bicyclic) bond motifs is 3. The van der Waals surface area contributed by atoms with Gasteiger partial charge in [-0.05, 0) is 18.4 Å². The van der Waals surface area contributed by atoms with Crippen molar-refractivity contribution in [3.63, 3.8) is 0 Å². The zero-order valence-corrected chi connectivity index (χ0v) is 10.0. The highest BCUT2D eigenvalue weighted by Crippen LogP contribution is 2.51. The molecule has 1 N–H and O–H groups in total. The summed E-state index contributed by atoms with van der Waals surface area (Å²) in [6.07, 6.45) is 4.42. The Morgan fingerprint density at radius 1 is 1.35 bits per heavy atom. The number of rotatable bonds is 1. The molecular formula is C14H17NO2. The molecule has 0 amide bonds. The fourth-order valence-electron chi connectivity index (χ4n) is 3.56. The molecule has 0 aromatic heterocycles. The third kappa shape index (κ3) is 1.29. The smallest absolute Gasteiger partial charge is 0.120 e. The van der Waals surface area contributed by atoms with Crippen molar-refractivity contribution in [2.45, 2.75) is 37.2 Å². The van der Waals surface area contributed by atoms with E-state index in [1.165, 1.54) is 12.0 Å². The van der Waals surface area contributed by atoms with Crippen LogP contribution in [0, 0.1) is 0 Å². The Bertz CT molecular complexity index is 469. The fraction of sp³-hybridized carbons (Fsp3) is 0.500. The lowest BCUT2D eigenvalue weighted by atomic mass is 9.75. The number of hydrogen-bond acceptors (Lipinski definition) is 3. The van der Waals surface area contributed by atoms with Crippen LogP contribution in [-0.4, -0.2) is 23.6 Å². The fourth-order valence-corrected chi connectivity index (χ4v) is 3.56. The van der Waals surface area contributed by atoms with Crippen LogP contribution >= 0.6 is 0 Å². The second-order valence-electron chi connectivity index (χ2n) is 4.93. The zero-order chi connectivity index (χ0) is 11.9. The Morgan fingerprint density at radius 3 is 2.94 bits per heavy atom. The van der Waals surface area contributed by atoms with Crippen LogP contribution in [0.5, 0.6) is 0 Å². The Balaban J connectivity index is 2.21. The van der Waals surface area contributed by atoms with Gasteiger partial charge in [0.25, 0.3) is 0 Å².